The van der Waals surface area contributed by atoms with Crippen LogP contribution in [0.1, 0.15) is 10.4 Å². The highest BCUT2D eigenvalue weighted by atomic mass is 32.2. The minimum atomic E-state index is 0.528. The molecule has 1 aliphatic heterocycles. The Morgan fingerprint density at radius 2 is 1.93 bits per heavy atom. The Hall–Kier alpha value is -1.10. The second-order valence-electron chi connectivity index (χ2n) is 3.03. The van der Waals surface area contributed by atoms with Gasteiger partial charge in [-0.05, 0) is 0 Å². The van der Waals surface area contributed by atoms with Crippen LogP contribution in [0, 0.1) is 0 Å². The molecular weight excluding hydrogens is 198 g/mol. The van der Waals surface area contributed by atoms with E-state index in [0.717, 1.165) is 36.8 Å². The maximum absolute atomic E-state index is 10.4. The van der Waals surface area contributed by atoms with Crippen LogP contribution < -0.4 is 4.90 Å². The van der Waals surface area contributed by atoms with Crippen LogP contribution in [0.25, 0.3) is 0 Å². The molecule has 0 bridgehead atoms. The summed E-state index contributed by atoms with van der Waals surface area (Å²) in [6, 6.07) is 0. The standard InChI is InChI=1S/C9H11N3OS/c13-7-8-5-10-9(11-6-8)12-1-3-14-4-2-12/h5-7H,1-4H2. The second-order valence-corrected chi connectivity index (χ2v) is 4.26. The number of carbonyl (C=O) groups is 1. The van der Waals surface area contributed by atoms with Crippen molar-refractivity contribution in [3.05, 3.63) is 18.0 Å². The summed E-state index contributed by atoms with van der Waals surface area (Å²) in [5.74, 6) is 2.98. The highest BCUT2D eigenvalue weighted by Gasteiger charge is 2.12. The van der Waals surface area contributed by atoms with E-state index in [0.29, 0.717) is 5.56 Å². The van der Waals surface area contributed by atoms with Crippen molar-refractivity contribution in [2.75, 3.05) is 29.5 Å². The van der Waals surface area contributed by atoms with Crippen molar-refractivity contribution in [3.8, 4) is 0 Å². The summed E-state index contributed by atoms with van der Waals surface area (Å²) < 4.78 is 0. The van der Waals surface area contributed by atoms with Crippen molar-refractivity contribution in [1.82, 2.24) is 9.97 Å². The molecule has 0 radical (unpaired) electrons. The first-order valence-corrected chi connectivity index (χ1v) is 5.65. The van der Waals surface area contributed by atoms with Gasteiger partial charge < -0.3 is 4.90 Å². The molecular formula is C9H11N3OS. The average molecular weight is 209 g/mol. The van der Waals surface area contributed by atoms with Crippen LogP contribution in [0.2, 0.25) is 0 Å². The molecule has 74 valence electrons. The maximum Gasteiger partial charge on any atom is 0.225 e. The number of hydrogen-bond acceptors (Lipinski definition) is 5. The number of aldehydes is 1. The van der Waals surface area contributed by atoms with Crippen LogP contribution in [0.3, 0.4) is 0 Å². The SMILES string of the molecule is O=Cc1cnc(N2CCSCC2)nc1. The Bertz CT molecular complexity index is 308. The molecule has 0 spiro atoms. The topological polar surface area (TPSA) is 46.1 Å². The quantitative estimate of drug-likeness (QED) is 0.675. The molecule has 14 heavy (non-hydrogen) atoms. The fourth-order valence-corrected chi connectivity index (χ4v) is 2.22. The van der Waals surface area contributed by atoms with E-state index in [-0.39, 0.29) is 0 Å². The zero-order valence-corrected chi connectivity index (χ0v) is 8.54. The van der Waals surface area contributed by atoms with Crippen LogP contribution in [0.5, 0.6) is 0 Å². The van der Waals surface area contributed by atoms with Gasteiger partial charge in [0.05, 0.1) is 5.56 Å². The van der Waals surface area contributed by atoms with E-state index in [9.17, 15) is 4.79 Å². The molecule has 2 rings (SSSR count). The van der Waals surface area contributed by atoms with Crippen molar-refractivity contribution in [2.45, 2.75) is 0 Å². The summed E-state index contributed by atoms with van der Waals surface area (Å²) in [5.41, 5.74) is 0.528. The van der Waals surface area contributed by atoms with E-state index in [2.05, 4.69) is 14.9 Å². The lowest BCUT2D eigenvalue weighted by molar-refractivity contribution is 0.112. The molecule has 0 N–H and O–H groups in total. The molecule has 4 nitrogen and oxygen atoms in total. The first-order chi connectivity index (χ1) is 6.90. The van der Waals surface area contributed by atoms with Crippen LogP contribution in [-0.4, -0.2) is 40.8 Å². The van der Waals surface area contributed by atoms with Crippen molar-refractivity contribution >= 4 is 24.0 Å². The lowest BCUT2D eigenvalue weighted by atomic mass is 10.4. The molecule has 0 amide bonds. The van der Waals surface area contributed by atoms with Gasteiger partial charge in [0.1, 0.15) is 0 Å². The highest BCUT2D eigenvalue weighted by molar-refractivity contribution is 7.99. The van der Waals surface area contributed by atoms with E-state index >= 15 is 0 Å². The molecule has 1 saturated heterocycles. The third-order valence-electron chi connectivity index (χ3n) is 2.09. The fourth-order valence-electron chi connectivity index (χ4n) is 1.32. The van der Waals surface area contributed by atoms with Gasteiger partial charge in [-0.15, -0.1) is 0 Å². The summed E-state index contributed by atoms with van der Waals surface area (Å²) in [4.78, 5) is 20.8. The van der Waals surface area contributed by atoms with Crippen LogP contribution in [0.15, 0.2) is 12.4 Å². The third kappa shape index (κ3) is 2.04. The monoisotopic (exact) mass is 209 g/mol. The third-order valence-corrected chi connectivity index (χ3v) is 3.03. The van der Waals surface area contributed by atoms with Crippen molar-refractivity contribution in [3.63, 3.8) is 0 Å². The molecule has 1 fully saturated rings. The zero-order valence-electron chi connectivity index (χ0n) is 7.72. The Kier molecular flexibility index (Phi) is 2.98. The predicted molar refractivity (Wildman–Crippen MR) is 57.0 cm³/mol. The van der Waals surface area contributed by atoms with Crippen molar-refractivity contribution < 1.29 is 4.79 Å². The van der Waals surface area contributed by atoms with Gasteiger partial charge in [-0.1, -0.05) is 0 Å². The Balaban J connectivity index is 2.11. The van der Waals surface area contributed by atoms with Gasteiger partial charge in [0.15, 0.2) is 6.29 Å². The smallest absolute Gasteiger partial charge is 0.225 e. The van der Waals surface area contributed by atoms with Gasteiger partial charge in [0.2, 0.25) is 5.95 Å². The largest absolute Gasteiger partial charge is 0.339 e. The van der Waals surface area contributed by atoms with Crippen molar-refractivity contribution in [1.29, 1.82) is 0 Å². The normalized spacial score (nSPS) is 16.7. The van der Waals surface area contributed by atoms with E-state index in [4.69, 9.17) is 0 Å². The number of aromatic nitrogens is 2. The molecule has 0 atom stereocenters. The first-order valence-electron chi connectivity index (χ1n) is 4.50. The zero-order chi connectivity index (χ0) is 9.80. The summed E-state index contributed by atoms with van der Waals surface area (Å²) in [6.07, 6.45) is 3.89. The minimum Gasteiger partial charge on any atom is -0.339 e. The maximum atomic E-state index is 10.4. The van der Waals surface area contributed by atoms with Gasteiger partial charge in [-0.3, -0.25) is 4.79 Å². The number of hydrogen-bond donors (Lipinski definition) is 0. The molecule has 1 aliphatic rings. The molecule has 0 saturated carbocycles. The highest BCUT2D eigenvalue weighted by Crippen LogP contribution is 2.14. The van der Waals surface area contributed by atoms with Crippen LogP contribution in [0.4, 0.5) is 5.95 Å². The summed E-state index contributed by atoms with van der Waals surface area (Å²) in [7, 11) is 0. The number of nitrogens with zero attached hydrogens (tertiary/aromatic N) is 3. The molecule has 2 heterocycles. The predicted octanol–water partition coefficient (Wildman–Crippen LogP) is 0.842. The summed E-state index contributed by atoms with van der Waals surface area (Å²) in [6.45, 7) is 1.98. The first kappa shape index (κ1) is 9.45. The lowest BCUT2D eigenvalue weighted by Gasteiger charge is -2.25. The van der Waals surface area contributed by atoms with Gasteiger partial charge >= 0.3 is 0 Å². The van der Waals surface area contributed by atoms with Crippen LogP contribution in [-0.2, 0) is 0 Å². The molecule has 0 aromatic carbocycles. The van der Waals surface area contributed by atoms with E-state index in [1.807, 2.05) is 11.8 Å². The molecule has 0 unspecified atom stereocenters. The van der Waals surface area contributed by atoms with E-state index in [1.165, 1.54) is 0 Å². The summed E-state index contributed by atoms with van der Waals surface area (Å²) >= 11 is 1.95. The molecule has 1 aromatic heterocycles. The second kappa shape index (κ2) is 4.41. The molecule has 0 aliphatic carbocycles. The number of anilines is 1. The minimum absolute atomic E-state index is 0.528. The van der Waals surface area contributed by atoms with Crippen molar-refractivity contribution in [2.24, 2.45) is 0 Å². The fraction of sp³-hybridized carbons (Fsp3) is 0.444. The Labute approximate surface area is 86.7 Å². The van der Waals surface area contributed by atoms with E-state index < -0.39 is 0 Å². The number of thioether (sulfide) groups is 1. The van der Waals surface area contributed by atoms with Gasteiger partial charge in [-0.2, -0.15) is 11.8 Å². The molecule has 5 heteroatoms. The summed E-state index contributed by atoms with van der Waals surface area (Å²) in [5, 5.41) is 0. The molecule has 1 aromatic rings. The van der Waals surface area contributed by atoms with Gasteiger partial charge in [-0.25, -0.2) is 9.97 Å². The number of carbonyl (C=O) groups excluding carboxylic acids is 1. The average Bonchev–Trinajstić information content (AvgIpc) is 2.30. The van der Waals surface area contributed by atoms with Gasteiger partial charge in [0.25, 0.3) is 0 Å². The van der Waals surface area contributed by atoms with Crippen LogP contribution >= 0.6 is 11.8 Å². The van der Waals surface area contributed by atoms with E-state index in [1.54, 1.807) is 12.4 Å². The number of rotatable bonds is 2. The lowest BCUT2D eigenvalue weighted by Crippen LogP contribution is -2.33. The Morgan fingerprint density at radius 3 is 2.50 bits per heavy atom. The Morgan fingerprint density at radius 1 is 1.29 bits per heavy atom. The van der Waals surface area contributed by atoms with Gasteiger partial charge in [0, 0.05) is 37.0 Å².